The van der Waals surface area contributed by atoms with Gasteiger partial charge in [0.05, 0.1) is 17.8 Å². The Kier molecular flexibility index (Phi) is 4.15. The maximum absolute atomic E-state index is 9.59. The Morgan fingerprint density at radius 3 is 2.60 bits per heavy atom. The highest BCUT2D eigenvalue weighted by molar-refractivity contribution is 4.90. The Bertz CT molecular complexity index is 200. The van der Waals surface area contributed by atoms with Gasteiger partial charge in [-0.15, -0.1) is 0 Å². The predicted octanol–water partition coefficient (Wildman–Crippen LogP) is 1.68. The average molecular weight is 215 g/mol. The van der Waals surface area contributed by atoms with E-state index in [1.165, 1.54) is 6.42 Å². The van der Waals surface area contributed by atoms with E-state index < -0.39 is 5.60 Å². The summed E-state index contributed by atoms with van der Waals surface area (Å²) < 4.78 is 5.90. The van der Waals surface area contributed by atoms with Crippen molar-refractivity contribution >= 4 is 0 Å². The van der Waals surface area contributed by atoms with Crippen LogP contribution >= 0.6 is 0 Å². The Balaban J connectivity index is 2.35. The number of nitrogens with two attached hydrogens (primary N) is 1. The Hall–Kier alpha value is -0.120. The summed E-state index contributed by atoms with van der Waals surface area (Å²) in [4.78, 5) is 0. The summed E-state index contributed by atoms with van der Waals surface area (Å²) in [5, 5.41) is 9.59. The molecule has 2 unspecified atom stereocenters. The lowest BCUT2D eigenvalue weighted by atomic mass is 10.00. The Morgan fingerprint density at radius 2 is 2.20 bits per heavy atom. The van der Waals surface area contributed by atoms with Crippen molar-refractivity contribution in [3.05, 3.63) is 0 Å². The minimum absolute atomic E-state index is 0.106. The zero-order valence-electron chi connectivity index (χ0n) is 10.3. The lowest BCUT2D eigenvalue weighted by Gasteiger charge is -2.29. The largest absolute Gasteiger partial charge is 0.390 e. The third-order valence-electron chi connectivity index (χ3n) is 3.31. The summed E-state index contributed by atoms with van der Waals surface area (Å²) in [5.74, 6) is 0.718. The van der Waals surface area contributed by atoms with Crippen molar-refractivity contribution in [1.82, 2.24) is 0 Å². The quantitative estimate of drug-likeness (QED) is 0.733. The van der Waals surface area contributed by atoms with Gasteiger partial charge in [-0.1, -0.05) is 6.92 Å². The van der Waals surface area contributed by atoms with E-state index in [4.69, 9.17) is 10.5 Å². The monoisotopic (exact) mass is 215 g/mol. The van der Waals surface area contributed by atoms with E-state index in [2.05, 4.69) is 6.92 Å². The third kappa shape index (κ3) is 4.09. The van der Waals surface area contributed by atoms with Crippen molar-refractivity contribution in [2.24, 2.45) is 11.7 Å². The van der Waals surface area contributed by atoms with Gasteiger partial charge in [0.15, 0.2) is 0 Å². The molecule has 0 aliphatic heterocycles. The van der Waals surface area contributed by atoms with E-state index >= 15 is 0 Å². The molecule has 3 N–H and O–H groups in total. The van der Waals surface area contributed by atoms with E-state index in [0.29, 0.717) is 19.6 Å². The Morgan fingerprint density at radius 1 is 1.53 bits per heavy atom. The van der Waals surface area contributed by atoms with Crippen molar-refractivity contribution in [3.8, 4) is 0 Å². The molecule has 1 saturated carbocycles. The average Bonchev–Trinajstić information content (AvgIpc) is 2.46. The molecule has 1 rings (SSSR count). The molecule has 3 heteroatoms. The van der Waals surface area contributed by atoms with Gasteiger partial charge < -0.3 is 15.6 Å². The van der Waals surface area contributed by atoms with E-state index in [1.54, 1.807) is 0 Å². The van der Waals surface area contributed by atoms with Crippen LogP contribution in [0.5, 0.6) is 0 Å². The highest BCUT2D eigenvalue weighted by Crippen LogP contribution is 2.36. The summed E-state index contributed by atoms with van der Waals surface area (Å²) in [5.41, 5.74) is 5.05. The molecule has 15 heavy (non-hydrogen) atoms. The molecule has 0 spiro atoms. The van der Waals surface area contributed by atoms with Crippen LogP contribution in [0.3, 0.4) is 0 Å². The number of rotatable bonds is 5. The van der Waals surface area contributed by atoms with E-state index in [9.17, 15) is 5.11 Å². The number of hydrogen-bond acceptors (Lipinski definition) is 3. The highest BCUT2D eigenvalue weighted by Gasteiger charge is 2.37. The first-order chi connectivity index (χ1) is 6.87. The van der Waals surface area contributed by atoms with Crippen LogP contribution in [0.1, 0.15) is 46.5 Å². The van der Waals surface area contributed by atoms with Crippen LogP contribution in [0.4, 0.5) is 0 Å². The van der Waals surface area contributed by atoms with Gasteiger partial charge in [-0.05, 0) is 45.4 Å². The van der Waals surface area contributed by atoms with Crippen LogP contribution in [0.15, 0.2) is 0 Å². The van der Waals surface area contributed by atoms with Crippen molar-refractivity contribution in [1.29, 1.82) is 0 Å². The minimum Gasteiger partial charge on any atom is -0.390 e. The first-order valence-electron chi connectivity index (χ1n) is 5.93. The molecule has 2 atom stereocenters. The van der Waals surface area contributed by atoms with Gasteiger partial charge in [0.25, 0.3) is 0 Å². The summed E-state index contributed by atoms with van der Waals surface area (Å²) in [7, 11) is 0. The standard InChI is InChI=1S/C12H25NO2/c1-10-4-5-12(8-10,9-13)15-7-6-11(2,3)14/h10,14H,4-9,13H2,1-3H3. The summed E-state index contributed by atoms with van der Waals surface area (Å²) in [6.07, 6.45) is 4.01. The van der Waals surface area contributed by atoms with Gasteiger partial charge in [-0.2, -0.15) is 0 Å². The predicted molar refractivity (Wildman–Crippen MR) is 61.7 cm³/mol. The topological polar surface area (TPSA) is 55.5 Å². The maximum atomic E-state index is 9.59. The van der Waals surface area contributed by atoms with E-state index in [0.717, 1.165) is 18.8 Å². The zero-order valence-corrected chi connectivity index (χ0v) is 10.3. The van der Waals surface area contributed by atoms with E-state index in [1.807, 2.05) is 13.8 Å². The van der Waals surface area contributed by atoms with Crippen molar-refractivity contribution in [3.63, 3.8) is 0 Å². The second-order valence-corrected chi connectivity index (χ2v) is 5.65. The van der Waals surface area contributed by atoms with Crippen molar-refractivity contribution in [2.75, 3.05) is 13.2 Å². The van der Waals surface area contributed by atoms with Gasteiger partial charge in [-0.25, -0.2) is 0 Å². The molecule has 0 saturated heterocycles. The lowest BCUT2D eigenvalue weighted by Crippen LogP contribution is -2.39. The minimum atomic E-state index is -0.639. The van der Waals surface area contributed by atoms with Crippen LogP contribution in [-0.2, 0) is 4.74 Å². The molecule has 1 aliphatic carbocycles. The maximum Gasteiger partial charge on any atom is 0.0806 e. The van der Waals surface area contributed by atoms with Crippen LogP contribution < -0.4 is 5.73 Å². The first-order valence-corrected chi connectivity index (χ1v) is 5.93. The van der Waals surface area contributed by atoms with Gasteiger partial charge in [0.1, 0.15) is 0 Å². The van der Waals surface area contributed by atoms with Crippen molar-refractivity contribution in [2.45, 2.75) is 57.7 Å². The van der Waals surface area contributed by atoms with Crippen LogP contribution in [-0.4, -0.2) is 29.5 Å². The van der Waals surface area contributed by atoms with Crippen LogP contribution in [0.25, 0.3) is 0 Å². The third-order valence-corrected chi connectivity index (χ3v) is 3.31. The van der Waals surface area contributed by atoms with Gasteiger partial charge in [0.2, 0.25) is 0 Å². The van der Waals surface area contributed by atoms with Crippen molar-refractivity contribution < 1.29 is 9.84 Å². The molecule has 0 aromatic rings. The molecule has 0 radical (unpaired) electrons. The second kappa shape index (κ2) is 4.81. The summed E-state index contributed by atoms with van der Waals surface area (Å²) >= 11 is 0. The molecule has 1 aliphatic rings. The molecular weight excluding hydrogens is 190 g/mol. The zero-order chi connectivity index (χ0) is 11.5. The lowest BCUT2D eigenvalue weighted by molar-refractivity contribution is -0.0593. The molecule has 0 heterocycles. The SMILES string of the molecule is CC1CCC(CN)(OCCC(C)(C)O)C1. The molecule has 0 amide bonds. The number of aliphatic hydroxyl groups is 1. The molecule has 0 bridgehead atoms. The van der Waals surface area contributed by atoms with Crippen LogP contribution in [0, 0.1) is 5.92 Å². The molecule has 0 aromatic carbocycles. The number of ether oxygens (including phenoxy) is 1. The number of hydrogen-bond donors (Lipinski definition) is 2. The van der Waals surface area contributed by atoms with Gasteiger partial charge in [0, 0.05) is 6.54 Å². The molecule has 90 valence electrons. The normalized spacial score (nSPS) is 32.2. The summed E-state index contributed by atoms with van der Waals surface area (Å²) in [6.45, 7) is 7.07. The molecule has 1 fully saturated rings. The summed E-state index contributed by atoms with van der Waals surface area (Å²) in [6, 6.07) is 0. The molecule has 0 aromatic heterocycles. The van der Waals surface area contributed by atoms with E-state index in [-0.39, 0.29) is 5.60 Å². The van der Waals surface area contributed by atoms with Gasteiger partial charge >= 0.3 is 0 Å². The molecule has 3 nitrogen and oxygen atoms in total. The first kappa shape index (κ1) is 12.9. The van der Waals surface area contributed by atoms with Crippen LogP contribution in [0.2, 0.25) is 0 Å². The van der Waals surface area contributed by atoms with Gasteiger partial charge in [-0.3, -0.25) is 0 Å². The highest BCUT2D eigenvalue weighted by atomic mass is 16.5. The smallest absolute Gasteiger partial charge is 0.0806 e. The fourth-order valence-electron chi connectivity index (χ4n) is 2.24. The fraction of sp³-hybridized carbons (Fsp3) is 1.00. The Labute approximate surface area is 93.0 Å². The molecular formula is C12H25NO2. The second-order valence-electron chi connectivity index (χ2n) is 5.65. The fourth-order valence-corrected chi connectivity index (χ4v) is 2.24.